The van der Waals surface area contributed by atoms with E-state index in [4.69, 9.17) is 38.5 Å². The van der Waals surface area contributed by atoms with Gasteiger partial charge in [-0.15, -0.1) is 0 Å². The van der Waals surface area contributed by atoms with E-state index in [1.165, 1.54) is 40.1 Å². The van der Waals surface area contributed by atoms with Crippen molar-refractivity contribution < 1.29 is 66.3 Å². The molecule has 0 spiro atoms. The Hall–Kier alpha value is -3.45. The molecule has 0 radical (unpaired) electrons. The maximum absolute atomic E-state index is 14.0. The fourth-order valence-electron chi connectivity index (χ4n) is 4.02. The van der Waals surface area contributed by atoms with Gasteiger partial charge < -0.3 is 39.3 Å². The molecule has 19 nitrogen and oxygen atoms in total. The number of rotatable bonds is 17. The summed E-state index contributed by atoms with van der Waals surface area (Å²) in [7, 11) is -2.43. The summed E-state index contributed by atoms with van der Waals surface area (Å²) in [5.41, 5.74) is 2.27. The Balaban J connectivity index is 2.42. The number of nitrogens with zero attached hydrogens (tertiary/aromatic N) is 2. The van der Waals surface area contributed by atoms with E-state index in [1.807, 2.05) is 0 Å². The van der Waals surface area contributed by atoms with Crippen LogP contribution in [0.2, 0.25) is 0 Å². The minimum absolute atomic E-state index is 0.0528. The van der Waals surface area contributed by atoms with Crippen molar-refractivity contribution in [1.82, 2.24) is 14.6 Å². The van der Waals surface area contributed by atoms with Crippen molar-refractivity contribution in [3.63, 3.8) is 0 Å². The Morgan fingerprint density at radius 2 is 1.76 bits per heavy atom. The number of carbonyl (C=O) groups excluding carboxylic acids is 4. The van der Waals surface area contributed by atoms with Crippen LogP contribution < -0.4 is 16.5 Å². The lowest BCUT2D eigenvalue weighted by Gasteiger charge is -2.30. The van der Waals surface area contributed by atoms with Crippen LogP contribution in [0.25, 0.3) is 0 Å². The summed E-state index contributed by atoms with van der Waals surface area (Å²) in [6, 6.07) is -0.00885. The smallest absolute Gasteiger partial charge is 0.406 e. The van der Waals surface area contributed by atoms with E-state index >= 15 is 0 Å². The summed E-state index contributed by atoms with van der Waals surface area (Å²) >= 11 is 0. The van der Waals surface area contributed by atoms with Gasteiger partial charge in [0.15, 0.2) is 6.23 Å². The van der Waals surface area contributed by atoms with E-state index in [1.54, 1.807) is 0 Å². The monoisotopic (exact) mass is 666 g/mol. The van der Waals surface area contributed by atoms with Gasteiger partial charge in [-0.05, 0) is 26.8 Å². The topological polar surface area (TPSA) is 252 Å². The van der Waals surface area contributed by atoms with Crippen LogP contribution in [0.5, 0.6) is 0 Å². The third-order valence-corrected chi connectivity index (χ3v) is 8.02. The van der Waals surface area contributed by atoms with Gasteiger partial charge in [0.05, 0.1) is 33.5 Å². The summed E-state index contributed by atoms with van der Waals surface area (Å²) in [5.74, 6) is -4.26. The van der Waals surface area contributed by atoms with Crippen molar-refractivity contribution in [2.24, 2.45) is 5.41 Å². The standard InChI is InChI=1S/C25H39N4O15P/c1-7-39-22(33)25(12-41-15(4)30,23(34)40-8-2)13-43-45(36,28-14(3)21(32)38-6)42-11-16-18(31)19(37-5)20(44-16)29-10-9-17(26)27-24(29)35/h9-10,14,16,18-20,31H,7-8,11-13H2,1-6H3,(H,28,36)(H2,26,27,35)/t14-,16?,18?,19?,20?,45?/m0/s1. The number of nitrogen functional groups attached to an aromatic ring is 1. The average Bonchev–Trinajstić information content (AvgIpc) is 3.30. The third-order valence-electron chi connectivity index (χ3n) is 6.36. The fraction of sp³-hybridized carbons (Fsp3) is 0.680. The molecular weight excluding hydrogens is 627 g/mol. The lowest BCUT2D eigenvalue weighted by Crippen LogP contribution is -2.50. The molecule has 0 saturated carbocycles. The van der Waals surface area contributed by atoms with E-state index < -0.39 is 93.1 Å². The van der Waals surface area contributed by atoms with Gasteiger partial charge in [-0.3, -0.25) is 32.8 Å². The van der Waals surface area contributed by atoms with Gasteiger partial charge in [-0.1, -0.05) is 0 Å². The Bertz CT molecular complexity index is 1290. The van der Waals surface area contributed by atoms with E-state index in [0.29, 0.717) is 0 Å². The van der Waals surface area contributed by atoms with Crippen LogP contribution in [0.4, 0.5) is 5.82 Å². The lowest BCUT2D eigenvalue weighted by atomic mass is 9.90. The maximum atomic E-state index is 14.0. The Morgan fingerprint density at radius 3 is 2.27 bits per heavy atom. The number of nitrogens with one attached hydrogen (secondary N) is 1. The van der Waals surface area contributed by atoms with Crippen molar-refractivity contribution in [3.8, 4) is 0 Å². The van der Waals surface area contributed by atoms with Crippen LogP contribution in [0.3, 0.4) is 0 Å². The molecule has 1 aliphatic rings. The lowest BCUT2D eigenvalue weighted by molar-refractivity contribution is -0.181. The molecule has 6 atom stereocenters. The molecule has 254 valence electrons. The van der Waals surface area contributed by atoms with Crippen LogP contribution in [0.15, 0.2) is 17.1 Å². The summed E-state index contributed by atoms with van der Waals surface area (Å²) in [5, 5.41) is 13.2. The molecule has 0 amide bonds. The third kappa shape index (κ3) is 9.52. The summed E-state index contributed by atoms with van der Waals surface area (Å²) < 4.78 is 56.8. The summed E-state index contributed by atoms with van der Waals surface area (Å²) in [6.07, 6.45) is -3.84. The zero-order valence-corrected chi connectivity index (χ0v) is 26.6. The molecular formula is C25H39N4O15P. The number of methoxy groups -OCH3 is 2. The summed E-state index contributed by atoms with van der Waals surface area (Å²) in [4.78, 5) is 65.9. The first-order valence-electron chi connectivity index (χ1n) is 13.6. The van der Waals surface area contributed by atoms with Crippen molar-refractivity contribution in [2.45, 2.75) is 58.3 Å². The number of aromatic nitrogens is 2. The molecule has 0 aliphatic carbocycles. The van der Waals surface area contributed by atoms with Gasteiger partial charge in [0.1, 0.15) is 36.8 Å². The van der Waals surface area contributed by atoms with Gasteiger partial charge in [-0.25, -0.2) is 14.4 Å². The maximum Gasteiger partial charge on any atom is 0.406 e. The zero-order chi connectivity index (χ0) is 33.9. The van der Waals surface area contributed by atoms with Crippen LogP contribution in [-0.2, 0) is 61.2 Å². The predicted molar refractivity (Wildman–Crippen MR) is 150 cm³/mol. The number of anilines is 1. The number of hydrogen-bond donors (Lipinski definition) is 3. The van der Waals surface area contributed by atoms with Crippen LogP contribution in [0, 0.1) is 5.41 Å². The number of aliphatic hydroxyl groups excluding tert-OH is 1. The van der Waals surface area contributed by atoms with Gasteiger partial charge >= 0.3 is 37.3 Å². The molecule has 1 aliphatic heterocycles. The molecule has 5 unspecified atom stereocenters. The van der Waals surface area contributed by atoms with Crippen LogP contribution in [-0.4, -0.2) is 110 Å². The van der Waals surface area contributed by atoms with E-state index in [0.717, 1.165) is 18.6 Å². The highest BCUT2D eigenvalue weighted by molar-refractivity contribution is 7.51. The normalized spacial score (nSPS) is 21.8. The van der Waals surface area contributed by atoms with Gasteiger partial charge in [0.2, 0.25) is 5.41 Å². The SMILES string of the molecule is CCOC(=O)C(COC(C)=O)(COP(=O)(N[C@@H](C)C(=O)OC)OCC1OC(n2ccc(N)nc2=O)C(OC)C1O)C(=O)OCC. The second kappa shape index (κ2) is 16.7. The van der Waals surface area contributed by atoms with E-state index in [-0.39, 0.29) is 19.0 Å². The molecule has 2 rings (SSSR count). The zero-order valence-electron chi connectivity index (χ0n) is 25.7. The molecule has 1 aromatic heterocycles. The Labute approximate surface area is 258 Å². The predicted octanol–water partition coefficient (Wildman–Crippen LogP) is -0.933. The van der Waals surface area contributed by atoms with Crippen LogP contribution >= 0.6 is 7.75 Å². The first-order valence-corrected chi connectivity index (χ1v) is 15.2. The van der Waals surface area contributed by atoms with E-state index in [9.17, 15) is 33.6 Å². The highest BCUT2D eigenvalue weighted by Crippen LogP contribution is 2.47. The van der Waals surface area contributed by atoms with Crippen LogP contribution in [0.1, 0.15) is 33.9 Å². The molecule has 0 bridgehead atoms. The van der Waals surface area contributed by atoms with Crippen molar-refractivity contribution in [3.05, 3.63) is 22.7 Å². The minimum atomic E-state index is -4.75. The molecule has 1 aromatic rings. The van der Waals surface area contributed by atoms with Gasteiger partial charge in [-0.2, -0.15) is 4.98 Å². The number of aliphatic hydroxyl groups is 1. The second-order valence-electron chi connectivity index (χ2n) is 9.54. The van der Waals surface area contributed by atoms with Crippen molar-refractivity contribution in [1.29, 1.82) is 0 Å². The first kappa shape index (κ1) is 37.7. The molecule has 1 saturated heterocycles. The molecule has 2 heterocycles. The second-order valence-corrected chi connectivity index (χ2v) is 11.3. The Morgan fingerprint density at radius 1 is 1.13 bits per heavy atom. The quantitative estimate of drug-likeness (QED) is 0.0785. The highest BCUT2D eigenvalue weighted by atomic mass is 31.2. The molecule has 20 heteroatoms. The minimum Gasteiger partial charge on any atom is -0.468 e. The van der Waals surface area contributed by atoms with Gasteiger partial charge in [0, 0.05) is 20.2 Å². The Kier molecular flexibility index (Phi) is 14.0. The molecule has 4 N–H and O–H groups in total. The first-order chi connectivity index (χ1) is 21.2. The van der Waals surface area contributed by atoms with Gasteiger partial charge in [0.25, 0.3) is 0 Å². The molecule has 1 fully saturated rings. The molecule has 45 heavy (non-hydrogen) atoms. The molecule has 0 aromatic carbocycles. The highest BCUT2D eigenvalue weighted by Gasteiger charge is 2.53. The van der Waals surface area contributed by atoms with Crippen molar-refractivity contribution in [2.75, 3.05) is 53.0 Å². The fourth-order valence-corrected chi connectivity index (χ4v) is 5.56. The number of esters is 4. The summed E-state index contributed by atoms with van der Waals surface area (Å²) in [6.45, 7) is 2.09. The number of hydrogen-bond acceptors (Lipinski definition) is 17. The average molecular weight is 667 g/mol. The van der Waals surface area contributed by atoms with E-state index in [2.05, 4.69) is 14.8 Å². The van der Waals surface area contributed by atoms with Crippen molar-refractivity contribution >= 4 is 37.4 Å². The largest absolute Gasteiger partial charge is 0.468 e. The number of carbonyl (C=O) groups is 4. The number of nitrogens with two attached hydrogens (primary N) is 1. The number of ether oxygens (including phenoxy) is 6.